The van der Waals surface area contributed by atoms with Gasteiger partial charge >= 0.3 is 0 Å². The molecule has 0 spiro atoms. The highest BCUT2D eigenvalue weighted by atomic mass is 32.1. The van der Waals surface area contributed by atoms with E-state index in [2.05, 4.69) is 17.3 Å². The van der Waals surface area contributed by atoms with Gasteiger partial charge in [-0.2, -0.15) is 0 Å². The lowest BCUT2D eigenvalue weighted by Crippen LogP contribution is -1.93. The number of rotatable bonds is 4. The smallest absolute Gasteiger partial charge is 0.0951 e. The molecule has 1 aromatic heterocycles. The second-order valence-electron chi connectivity index (χ2n) is 2.33. The normalized spacial score (nSPS) is 10.4. The summed E-state index contributed by atoms with van der Waals surface area (Å²) in [7, 11) is 1.72. The Balaban J connectivity index is 2.44. The van der Waals surface area contributed by atoms with Gasteiger partial charge in [-0.15, -0.1) is 11.3 Å². The van der Waals surface area contributed by atoms with Gasteiger partial charge in [0, 0.05) is 18.9 Å². The Hall–Kier alpha value is -0.410. The fourth-order valence-electron chi connectivity index (χ4n) is 0.816. The summed E-state index contributed by atoms with van der Waals surface area (Å²) in [6.07, 6.45) is 1.98. The first-order chi connectivity index (χ1) is 5.36. The summed E-state index contributed by atoms with van der Waals surface area (Å²) in [5.74, 6) is 0. The van der Waals surface area contributed by atoms with E-state index in [0.717, 1.165) is 19.4 Å². The fourth-order valence-corrected chi connectivity index (χ4v) is 1.68. The van der Waals surface area contributed by atoms with Crippen molar-refractivity contribution in [2.75, 3.05) is 13.7 Å². The molecule has 1 heterocycles. The maximum Gasteiger partial charge on any atom is 0.0951 e. The highest BCUT2D eigenvalue weighted by molar-refractivity contribution is 7.09. The highest BCUT2D eigenvalue weighted by Crippen LogP contribution is 2.10. The summed E-state index contributed by atoms with van der Waals surface area (Å²) < 4.78 is 4.96. The Morgan fingerprint density at radius 3 is 3.00 bits per heavy atom. The lowest BCUT2D eigenvalue weighted by Gasteiger charge is -1.92. The monoisotopic (exact) mass is 171 g/mol. The van der Waals surface area contributed by atoms with Crippen molar-refractivity contribution in [1.29, 1.82) is 0 Å². The van der Waals surface area contributed by atoms with E-state index in [1.54, 1.807) is 18.4 Å². The molecule has 0 atom stereocenters. The van der Waals surface area contributed by atoms with Crippen LogP contribution in [-0.4, -0.2) is 18.7 Å². The van der Waals surface area contributed by atoms with E-state index in [1.807, 2.05) is 0 Å². The molecule has 0 radical (unpaired) electrons. The van der Waals surface area contributed by atoms with Crippen LogP contribution in [0.5, 0.6) is 0 Å². The zero-order valence-electron chi connectivity index (χ0n) is 6.96. The van der Waals surface area contributed by atoms with Crippen LogP contribution in [0, 0.1) is 0 Å². The topological polar surface area (TPSA) is 22.1 Å². The van der Waals surface area contributed by atoms with Crippen LogP contribution in [-0.2, 0) is 17.6 Å². The lowest BCUT2D eigenvalue weighted by molar-refractivity contribution is 0.202. The molecule has 3 heteroatoms. The zero-order chi connectivity index (χ0) is 8.10. The maximum atomic E-state index is 4.96. The summed E-state index contributed by atoms with van der Waals surface area (Å²) in [4.78, 5) is 4.40. The van der Waals surface area contributed by atoms with Crippen molar-refractivity contribution in [2.24, 2.45) is 0 Å². The minimum absolute atomic E-state index is 0.774. The van der Waals surface area contributed by atoms with Gasteiger partial charge in [-0.3, -0.25) is 0 Å². The van der Waals surface area contributed by atoms with E-state index in [1.165, 1.54) is 10.7 Å². The Bertz CT molecular complexity index is 210. The highest BCUT2D eigenvalue weighted by Gasteiger charge is 1.98. The summed E-state index contributed by atoms with van der Waals surface area (Å²) >= 11 is 1.72. The minimum atomic E-state index is 0.774. The molecule has 0 aliphatic rings. The predicted octanol–water partition coefficient (Wildman–Crippen LogP) is 1.89. The first kappa shape index (κ1) is 8.68. The van der Waals surface area contributed by atoms with Gasteiger partial charge in [0.25, 0.3) is 0 Å². The molecular weight excluding hydrogens is 158 g/mol. The van der Waals surface area contributed by atoms with Crippen molar-refractivity contribution in [3.63, 3.8) is 0 Å². The standard InChI is InChI=1S/C8H13NOS/c1-3-7-6-11-8(9-7)4-5-10-2/h6H,3-5H2,1-2H3. The van der Waals surface area contributed by atoms with Crippen LogP contribution in [0.4, 0.5) is 0 Å². The van der Waals surface area contributed by atoms with E-state index in [0.29, 0.717) is 0 Å². The molecule has 0 saturated heterocycles. The molecule has 0 saturated carbocycles. The summed E-state index contributed by atoms with van der Waals surface area (Å²) in [6.45, 7) is 2.89. The molecule has 0 bridgehead atoms. The largest absolute Gasteiger partial charge is 0.384 e. The van der Waals surface area contributed by atoms with Crippen LogP contribution < -0.4 is 0 Å². The molecule has 62 valence electrons. The van der Waals surface area contributed by atoms with Gasteiger partial charge in [0.15, 0.2) is 0 Å². The Morgan fingerprint density at radius 1 is 1.64 bits per heavy atom. The molecule has 0 aliphatic carbocycles. The van der Waals surface area contributed by atoms with E-state index in [-0.39, 0.29) is 0 Å². The number of nitrogens with zero attached hydrogens (tertiary/aromatic N) is 1. The third kappa shape index (κ3) is 2.60. The third-order valence-corrected chi connectivity index (χ3v) is 2.44. The number of aryl methyl sites for hydroxylation is 1. The number of ether oxygens (including phenoxy) is 1. The summed E-state index contributed by atoms with van der Waals surface area (Å²) in [5, 5.41) is 3.30. The number of thiazole rings is 1. The molecule has 0 N–H and O–H groups in total. The second-order valence-corrected chi connectivity index (χ2v) is 3.27. The van der Waals surface area contributed by atoms with Gasteiger partial charge < -0.3 is 4.74 Å². The molecule has 0 fully saturated rings. The maximum absolute atomic E-state index is 4.96. The molecule has 0 aromatic carbocycles. The first-order valence-corrected chi connectivity index (χ1v) is 4.67. The van der Waals surface area contributed by atoms with Gasteiger partial charge in [0.2, 0.25) is 0 Å². The molecule has 1 rings (SSSR count). The number of hydrogen-bond acceptors (Lipinski definition) is 3. The lowest BCUT2D eigenvalue weighted by atomic mass is 10.4. The number of hydrogen-bond donors (Lipinski definition) is 0. The van der Waals surface area contributed by atoms with Crippen LogP contribution >= 0.6 is 11.3 Å². The number of aromatic nitrogens is 1. The molecular formula is C8H13NOS. The van der Waals surface area contributed by atoms with Gasteiger partial charge in [-0.25, -0.2) is 4.98 Å². The molecule has 2 nitrogen and oxygen atoms in total. The van der Waals surface area contributed by atoms with E-state index < -0.39 is 0 Å². The van der Waals surface area contributed by atoms with Crippen molar-refractivity contribution in [3.8, 4) is 0 Å². The Morgan fingerprint density at radius 2 is 2.45 bits per heavy atom. The van der Waals surface area contributed by atoms with Crippen molar-refractivity contribution in [2.45, 2.75) is 19.8 Å². The molecule has 0 aliphatic heterocycles. The Labute approximate surface area is 71.2 Å². The van der Waals surface area contributed by atoms with E-state index in [9.17, 15) is 0 Å². The Kier molecular flexibility index (Phi) is 3.52. The summed E-state index contributed by atoms with van der Waals surface area (Å²) in [6, 6.07) is 0. The van der Waals surface area contributed by atoms with Crippen molar-refractivity contribution >= 4 is 11.3 Å². The quantitative estimate of drug-likeness (QED) is 0.690. The van der Waals surface area contributed by atoms with Crippen LogP contribution in [0.15, 0.2) is 5.38 Å². The molecule has 0 unspecified atom stereocenters. The van der Waals surface area contributed by atoms with Crippen molar-refractivity contribution < 1.29 is 4.74 Å². The fraction of sp³-hybridized carbons (Fsp3) is 0.625. The predicted molar refractivity (Wildman–Crippen MR) is 47.1 cm³/mol. The minimum Gasteiger partial charge on any atom is -0.384 e. The van der Waals surface area contributed by atoms with Gasteiger partial charge in [-0.05, 0) is 6.42 Å². The van der Waals surface area contributed by atoms with Crippen LogP contribution in [0.25, 0.3) is 0 Å². The second kappa shape index (κ2) is 4.46. The van der Waals surface area contributed by atoms with Crippen molar-refractivity contribution in [1.82, 2.24) is 4.98 Å². The van der Waals surface area contributed by atoms with Crippen LogP contribution in [0.1, 0.15) is 17.6 Å². The van der Waals surface area contributed by atoms with E-state index in [4.69, 9.17) is 4.74 Å². The molecule has 11 heavy (non-hydrogen) atoms. The third-order valence-electron chi connectivity index (χ3n) is 1.48. The van der Waals surface area contributed by atoms with E-state index >= 15 is 0 Å². The van der Waals surface area contributed by atoms with Gasteiger partial charge in [-0.1, -0.05) is 6.92 Å². The first-order valence-electron chi connectivity index (χ1n) is 3.79. The average molecular weight is 171 g/mol. The SMILES string of the molecule is CCc1csc(CCOC)n1. The number of methoxy groups -OCH3 is 1. The average Bonchev–Trinajstić information content (AvgIpc) is 2.48. The molecule has 1 aromatic rings. The zero-order valence-corrected chi connectivity index (χ0v) is 7.78. The van der Waals surface area contributed by atoms with Crippen LogP contribution in [0.2, 0.25) is 0 Å². The molecule has 0 amide bonds. The van der Waals surface area contributed by atoms with Gasteiger partial charge in [0.05, 0.1) is 17.3 Å². The van der Waals surface area contributed by atoms with Gasteiger partial charge in [0.1, 0.15) is 0 Å². The summed E-state index contributed by atoms with van der Waals surface area (Å²) in [5.41, 5.74) is 1.20. The van der Waals surface area contributed by atoms with Crippen molar-refractivity contribution in [3.05, 3.63) is 16.1 Å². The van der Waals surface area contributed by atoms with Crippen LogP contribution in [0.3, 0.4) is 0 Å².